The molecule has 0 bridgehead atoms. The number of halogens is 1. The number of unbranched alkanes of at least 4 members (excludes halogenated alkanes) is 1. The summed E-state index contributed by atoms with van der Waals surface area (Å²) < 4.78 is 28.9. The van der Waals surface area contributed by atoms with Gasteiger partial charge in [0.1, 0.15) is 0 Å². The van der Waals surface area contributed by atoms with Crippen molar-refractivity contribution < 1.29 is 13.0 Å². The summed E-state index contributed by atoms with van der Waals surface area (Å²) in [5, 5.41) is -0.454. The molecule has 0 fully saturated rings. The molecule has 1 unspecified atom stereocenters. The van der Waals surface area contributed by atoms with Gasteiger partial charge in [-0.25, -0.2) is 0 Å². The number of rotatable bonds is 5. The maximum atomic E-state index is 10.3. The molecule has 0 saturated carbocycles. The van der Waals surface area contributed by atoms with Gasteiger partial charge in [-0.05, 0) is 6.42 Å². The molecule has 0 aliphatic carbocycles. The van der Waals surface area contributed by atoms with Crippen LogP contribution in [-0.2, 0) is 10.1 Å². The maximum Gasteiger partial charge on any atom is 0.266 e. The van der Waals surface area contributed by atoms with Crippen molar-refractivity contribution >= 4 is 21.7 Å². The molecule has 5 heteroatoms. The van der Waals surface area contributed by atoms with E-state index in [-0.39, 0.29) is 5.75 Å². The third-order valence-corrected chi connectivity index (χ3v) is 2.64. The van der Waals surface area contributed by atoms with Gasteiger partial charge in [-0.15, -0.1) is 11.6 Å². The molecule has 0 radical (unpaired) electrons. The van der Waals surface area contributed by atoms with Crippen LogP contribution in [0.15, 0.2) is 0 Å². The summed E-state index contributed by atoms with van der Waals surface area (Å²) in [6, 6.07) is 0. The smallest absolute Gasteiger partial charge is 0.266 e. The summed E-state index contributed by atoms with van der Waals surface area (Å²) in [4.78, 5) is 0. The van der Waals surface area contributed by atoms with E-state index in [1.807, 2.05) is 6.92 Å². The van der Waals surface area contributed by atoms with E-state index in [2.05, 4.69) is 0 Å². The van der Waals surface area contributed by atoms with Crippen molar-refractivity contribution in [3.05, 3.63) is 0 Å². The van der Waals surface area contributed by atoms with Crippen LogP contribution in [0.1, 0.15) is 26.2 Å². The van der Waals surface area contributed by atoms with Crippen LogP contribution in [0.25, 0.3) is 0 Å². The zero-order valence-electron chi connectivity index (χ0n) is 6.46. The third-order valence-electron chi connectivity index (χ3n) is 1.26. The molecule has 68 valence electrons. The van der Waals surface area contributed by atoms with Gasteiger partial charge in [-0.1, -0.05) is 19.8 Å². The Morgan fingerprint density at radius 1 is 1.55 bits per heavy atom. The van der Waals surface area contributed by atoms with E-state index in [4.69, 9.17) is 16.2 Å². The number of hydrogen-bond acceptors (Lipinski definition) is 2. The van der Waals surface area contributed by atoms with E-state index < -0.39 is 15.5 Å². The van der Waals surface area contributed by atoms with Crippen LogP contribution in [0.4, 0.5) is 0 Å². The second kappa shape index (κ2) is 4.95. The molecule has 0 aliphatic heterocycles. The molecular formula is C6H13ClO3S. The Kier molecular flexibility index (Phi) is 5.04. The van der Waals surface area contributed by atoms with Crippen LogP contribution >= 0.6 is 11.6 Å². The highest BCUT2D eigenvalue weighted by Gasteiger charge is 2.12. The zero-order valence-corrected chi connectivity index (χ0v) is 8.03. The Balaban J connectivity index is 3.61. The van der Waals surface area contributed by atoms with E-state index >= 15 is 0 Å². The van der Waals surface area contributed by atoms with Crippen molar-refractivity contribution in [1.29, 1.82) is 0 Å². The van der Waals surface area contributed by atoms with Gasteiger partial charge in [0.05, 0.1) is 5.75 Å². The molecule has 3 nitrogen and oxygen atoms in total. The minimum Gasteiger partial charge on any atom is -0.286 e. The molecule has 0 aromatic carbocycles. The Bertz CT molecular complexity index is 188. The molecule has 0 aromatic heterocycles. The lowest BCUT2D eigenvalue weighted by molar-refractivity contribution is 0.480. The van der Waals surface area contributed by atoms with E-state index in [0.717, 1.165) is 12.8 Å². The van der Waals surface area contributed by atoms with Crippen LogP contribution < -0.4 is 0 Å². The Morgan fingerprint density at radius 3 is 2.45 bits per heavy atom. The third kappa shape index (κ3) is 8.10. The van der Waals surface area contributed by atoms with E-state index in [9.17, 15) is 8.42 Å². The van der Waals surface area contributed by atoms with Crippen LogP contribution in [0, 0.1) is 0 Å². The van der Waals surface area contributed by atoms with Gasteiger partial charge in [0, 0.05) is 5.38 Å². The van der Waals surface area contributed by atoms with Crippen LogP contribution in [0.3, 0.4) is 0 Å². The van der Waals surface area contributed by atoms with Crippen molar-refractivity contribution in [2.45, 2.75) is 31.6 Å². The summed E-state index contributed by atoms with van der Waals surface area (Å²) in [6.45, 7) is 2.00. The largest absolute Gasteiger partial charge is 0.286 e. The van der Waals surface area contributed by atoms with Gasteiger partial charge in [0.25, 0.3) is 10.1 Å². The van der Waals surface area contributed by atoms with Gasteiger partial charge in [-0.2, -0.15) is 8.42 Å². The van der Waals surface area contributed by atoms with Crippen LogP contribution in [0.2, 0.25) is 0 Å². The van der Waals surface area contributed by atoms with Gasteiger partial charge < -0.3 is 0 Å². The maximum absolute atomic E-state index is 10.3. The van der Waals surface area contributed by atoms with E-state index in [1.165, 1.54) is 0 Å². The van der Waals surface area contributed by atoms with Crippen molar-refractivity contribution in [3.63, 3.8) is 0 Å². The van der Waals surface area contributed by atoms with Gasteiger partial charge in [-0.3, -0.25) is 4.55 Å². The van der Waals surface area contributed by atoms with Gasteiger partial charge in [0.15, 0.2) is 0 Å². The molecule has 0 aromatic rings. The van der Waals surface area contributed by atoms with Crippen molar-refractivity contribution in [2.24, 2.45) is 0 Å². The summed E-state index contributed by atoms with van der Waals surface area (Å²) in [5.74, 6) is -0.339. The zero-order chi connectivity index (χ0) is 8.91. The number of alkyl halides is 1. The fraction of sp³-hybridized carbons (Fsp3) is 1.00. The molecule has 0 amide bonds. The normalized spacial score (nSPS) is 14.8. The molecule has 1 atom stereocenters. The first-order valence-corrected chi connectivity index (χ1v) is 5.59. The summed E-state index contributed by atoms with van der Waals surface area (Å²) in [6.07, 6.45) is 2.51. The average Bonchev–Trinajstić information content (AvgIpc) is 1.79. The monoisotopic (exact) mass is 200 g/mol. The van der Waals surface area contributed by atoms with E-state index in [1.54, 1.807) is 0 Å². The average molecular weight is 201 g/mol. The van der Waals surface area contributed by atoms with Crippen molar-refractivity contribution in [3.8, 4) is 0 Å². The highest BCUT2D eigenvalue weighted by atomic mass is 35.5. The molecule has 0 saturated heterocycles. The molecule has 1 N–H and O–H groups in total. The van der Waals surface area contributed by atoms with Gasteiger partial charge >= 0.3 is 0 Å². The summed E-state index contributed by atoms with van der Waals surface area (Å²) >= 11 is 5.61. The lowest BCUT2D eigenvalue weighted by Gasteiger charge is -2.04. The minimum atomic E-state index is -3.89. The fourth-order valence-electron chi connectivity index (χ4n) is 0.737. The van der Waals surface area contributed by atoms with Crippen molar-refractivity contribution in [1.82, 2.24) is 0 Å². The second-order valence-electron chi connectivity index (χ2n) is 2.49. The Morgan fingerprint density at radius 2 is 2.09 bits per heavy atom. The standard InChI is InChI=1S/C6H13ClO3S/c1-2-3-4-6(7)5-11(8,9)10/h6H,2-5H2,1H3,(H,8,9,10). The predicted molar refractivity (Wildman–Crippen MR) is 45.6 cm³/mol. The molecule has 0 spiro atoms. The molecule has 11 heavy (non-hydrogen) atoms. The number of hydrogen-bond donors (Lipinski definition) is 1. The lowest BCUT2D eigenvalue weighted by atomic mass is 10.2. The quantitative estimate of drug-likeness (QED) is 0.543. The molecule has 0 heterocycles. The van der Waals surface area contributed by atoms with E-state index in [0.29, 0.717) is 6.42 Å². The SMILES string of the molecule is CCCCC(Cl)CS(=O)(=O)O. The van der Waals surface area contributed by atoms with Crippen LogP contribution in [0.5, 0.6) is 0 Å². The fourth-order valence-corrected chi connectivity index (χ4v) is 1.99. The highest BCUT2D eigenvalue weighted by Crippen LogP contribution is 2.09. The minimum absolute atomic E-state index is 0.339. The second-order valence-corrected chi connectivity index (χ2v) is 4.60. The van der Waals surface area contributed by atoms with Crippen molar-refractivity contribution in [2.75, 3.05) is 5.75 Å². The highest BCUT2D eigenvalue weighted by molar-refractivity contribution is 7.85. The van der Waals surface area contributed by atoms with Crippen LogP contribution in [-0.4, -0.2) is 24.1 Å². The Labute approximate surface area is 72.5 Å². The summed E-state index contributed by atoms with van der Waals surface area (Å²) in [5.41, 5.74) is 0. The first-order valence-electron chi connectivity index (χ1n) is 3.55. The molecule has 0 rings (SSSR count). The van der Waals surface area contributed by atoms with Gasteiger partial charge in [0.2, 0.25) is 0 Å². The summed E-state index contributed by atoms with van der Waals surface area (Å²) in [7, 11) is -3.89. The first kappa shape index (κ1) is 11.2. The molecular weight excluding hydrogens is 188 g/mol. The molecule has 0 aliphatic rings. The topological polar surface area (TPSA) is 54.4 Å². The predicted octanol–water partition coefficient (Wildman–Crippen LogP) is 1.67. The Hall–Kier alpha value is 0.200. The first-order chi connectivity index (χ1) is 4.95. The lowest BCUT2D eigenvalue weighted by Crippen LogP contribution is -2.14.